The zero-order valence-electron chi connectivity index (χ0n) is 11.8. The Morgan fingerprint density at radius 1 is 0.913 bits per heavy atom. The van der Waals surface area contributed by atoms with Gasteiger partial charge in [0.25, 0.3) is 10.1 Å². The molecular formula is C13H12N2O6S2. The maximum Gasteiger partial charge on any atom is 0.385 e. The van der Waals surface area contributed by atoms with Crippen LogP contribution in [0.5, 0.6) is 0 Å². The summed E-state index contributed by atoms with van der Waals surface area (Å²) >= 11 is 0. The van der Waals surface area contributed by atoms with Crippen molar-refractivity contribution in [3.8, 4) is 0 Å². The van der Waals surface area contributed by atoms with Crippen molar-refractivity contribution in [2.24, 2.45) is 0 Å². The van der Waals surface area contributed by atoms with E-state index in [-0.39, 0.29) is 15.5 Å². The van der Waals surface area contributed by atoms with Gasteiger partial charge < -0.3 is 4.55 Å². The van der Waals surface area contributed by atoms with Gasteiger partial charge in [-0.2, -0.15) is 8.42 Å². The third-order valence-corrected chi connectivity index (χ3v) is 4.28. The topological polar surface area (TPSA) is 140 Å². The van der Waals surface area contributed by atoms with Crippen molar-refractivity contribution in [3.05, 3.63) is 59.1 Å². The zero-order chi connectivity index (χ0) is 17.7. The van der Waals surface area contributed by atoms with E-state index in [9.17, 15) is 21.4 Å². The minimum atomic E-state index is -4.27. The van der Waals surface area contributed by atoms with Gasteiger partial charge in [-0.1, -0.05) is 17.7 Å². The molecule has 0 fully saturated rings. The number of hydrogen-bond acceptors (Lipinski definition) is 6. The molecule has 23 heavy (non-hydrogen) atoms. The Kier molecular flexibility index (Phi) is 5.94. The smallest absolute Gasteiger partial charge is 0.385 e. The van der Waals surface area contributed by atoms with E-state index in [2.05, 4.69) is 4.98 Å². The second-order valence-corrected chi connectivity index (χ2v) is 7.14. The van der Waals surface area contributed by atoms with Crippen LogP contribution in [-0.2, 0) is 20.2 Å². The molecule has 0 bridgehead atoms. The normalized spacial score (nSPS) is 11.0. The predicted octanol–water partition coefficient (Wildman–Crippen LogP) is 2.32. The minimum Gasteiger partial charge on any atom is -0.744 e. The number of rotatable bonds is 2. The number of diazo groups is 1. The molecule has 1 N–H and O–H groups in total. The summed E-state index contributed by atoms with van der Waals surface area (Å²) in [4.78, 5) is 2.41. The average Bonchev–Trinajstić information content (AvgIpc) is 2.46. The van der Waals surface area contributed by atoms with Gasteiger partial charge in [0.05, 0.1) is 9.79 Å². The second-order valence-electron chi connectivity index (χ2n) is 4.34. The molecule has 0 heterocycles. The van der Waals surface area contributed by atoms with Crippen molar-refractivity contribution in [1.82, 2.24) is 0 Å². The molecule has 0 aliphatic carbocycles. The number of aryl methyl sites for hydroxylation is 1. The lowest BCUT2D eigenvalue weighted by Gasteiger charge is -2.05. The van der Waals surface area contributed by atoms with Gasteiger partial charge in [0.2, 0.25) is 5.39 Å². The molecule has 0 aliphatic heterocycles. The van der Waals surface area contributed by atoms with E-state index in [0.717, 1.165) is 17.7 Å². The van der Waals surface area contributed by atoms with Crippen molar-refractivity contribution in [1.29, 1.82) is 5.39 Å². The second kappa shape index (κ2) is 7.30. The molecule has 0 unspecified atom stereocenters. The number of nitrogens with zero attached hydrogens (tertiary/aromatic N) is 2. The van der Waals surface area contributed by atoms with Crippen LogP contribution in [0.3, 0.4) is 0 Å². The van der Waals surface area contributed by atoms with Gasteiger partial charge >= 0.3 is 5.69 Å². The van der Waals surface area contributed by atoms with Gasteiger partial charge in [-0.15, -0.1) is 0 Å². The Balaban J connectivity index is 0.000000231. The molecule has 0 saturated carbocycles. The third kappa shape index (κ3) is 6.13. The summed E-state index contributed by atoms with van der Waals surface area (Å²) in [5.41, 5.74) is 1.15. The highest BCUT2D eigenvalue weighted by Crippen LogP contribution is 2.15. The molecule has 2 rings (SSSR count). The first-order valence-corrected chi connectivity index (χ1v) is 8.84. The number of benzene rings is 2. The van der Waals surface area contributed by atoms with Gasteiger partial charge in [-0.05, 0) is 31.2 Å². The minimum absolute atomic E-state index is 0.178. The highest BCUT2D eigenvalue weighted by atomic mass is 32.2. The Labute approximate surface area is 133 Å². The first-order valence-electron chi connectivity index (χ1n) is 5.99. The molecular weight excluding hydrogens is 344 g/mol. The van der Waals surface area contributed by atoms with Crippen molar-refractivity contribution >= 4 is 25.9 Å². The van der Waals surface area contributed by atoms with Crippen LogP contribution in [0, 0.1) is 12.3 Å². The molecule has 0 aliphatic rings. The van der Waals surface area contributed by atoms with Crippen LogP contribution >= 0.6 is 0 Å². The fourth-order valence-corrected chi connectivity index (χ4v) is 2.34. The van der Waals surface area contributed by atoms with Crippen molar-refractivity contribution in [3.63, 3.8) is 0 Å². The third-order valence-electron chi connectivity index (χ3n) is 2.56. The summed E-state index contributed by atoms with van der Waals surface area (Å²) < 4.78 is 60.7. The van der Waals surface area contributed by atoms with Crippen LogP contribution in [0.15, 0.2) is 58.3 Å². The quantitative estimate of drug-likeness (QED) is 0.643. The van der Waals surface area contributed by atoms with E-state index in [1.54, 1.807) is 12.1 Å². The Morgan fingerprint density at radius 2 is 1.35 bits per heavy atom. The Bertz CT molecular complexity index is 912. The van der Waals surface area contributed by atoms with Crippen LogP contribution in [0.1, 0.15) is 5.56 Å². The monoisotopic (exact) mass is 356 g/mol. The first-order chi connectivity index (χ1) is 10.5. The van der Waals surface area contributed by atoms with Gasteiger partial charge in [-0.25, -0.2) is 8.42 Å². The molecule has 122 valence electrons. The summed E-state index contributed by atoms with van der Waals surface area (Å²) in [6.07, 6.45) is 0. The average molecular weight is 356 g/mol. The van der Waals surface area contributed by atoms with E-state index in [1.165, 1.54) is 24.3 Å². The summed E-state index contributed by atoms with van der Waals surface area (Å²) in [5, 5.41) is 8.24. The van der Waals surface area contributed by atoms with E-state index < -0.39 is 20.2 Å². The molecule has 0 saturated heterocycles. The summed E-state index contributed by atoms with van der Waals surface area (Å²) in [7, 11) is -8.42. The SMILES string of the molecule is Cc1ccc(S(=O)(=O)[O-])cc1.N#[N+]c1ccc(S(=O)(=O)O)cc1. The lowest BCUT2D eigenvalue weighted by Crippen LogP contribution is -1.97. The van der Waals surface area contributed by atoms with Crippen LogP contribution in [0.25, 0.3) is 4.98 Å². The van der Waals surface area contributed by atoms with Crippen LogP contribution in [0.2, 0.25) is 0 Å². The lowest BCUT2D eigenvalue weighted by molar-refractivity contribution is 0.463. The van der Waals surface area contributed by atoms with E-state index in [4.69, 9.17) is 9.95 Å². The van der Waals surface area contributed by atoms with E-state index >= 15 is 0 Å². The molecule has 8 nitrogen and oxygen atoms in total. The highest BCUT2D eigenvalue weighted by molar-refractivity contribution is 7.86. The summed E-state index contributed by atoms with van der Waals surface area (Å²) in [6.45, 7) is 1.82. The fourth-order valence-electron chi connectivity index (χ4n) is 1.39. The first kappa shape index (κ1) is 18.7. The molecule has 2 aromatic carbocycles. The maximum absolute atomic E-state index is 10.5. The Hall–Kier alpha value is -2.32. The molecule has 0 radical (unpaired) electrons. The molecule has 10 heteroatoms. The molecule has 0 aromatic heterocycles. The summed E-state index contributed by atoms with van der Waals surface area (Å²) in [5.74, 6) is 0. The highest BCUT2D eigenvalue weighted by Gasteiger charge is 2.11. The van der Waals surface area contributed by atoms with Crippen LogP contribution in [0.4, 0.5) is 5.69 Å². The van der Waals surface area contributed by atoms with Crippen LogP contribution in [-0.4, -0.2) is 25.9 Å². The predicted molar refractivity (Wildman–Crippen MR) is 80.1 cm³/mol. The fraction of sp³-hybridized carbons (Fsp3) is 0.0769. The van der Waals surface area contributed by atoms with Gasteiger partial charge in [-0.3, -0.25) is 4.55 Å². The lowest BCUT2D eigenvalue weighted by atomic mass is 10.2. The van der Waals surface area contributed by atoms with Crippen molar-refractivity contribution < 1.29 is 25.9 Å². The molecule has 0 amide bonds. The maximum atomic E-state index is 10.5. The molecule has 0 spiro atoms. The zero-order valence-corrected chi connectivity index (χ0v) is 13.5. The van der Waals surface area contributed by atoms with E-state index in [1.807, 2.05) is 6.92 Å². The van der Waals surface area contributed by atoms with Gasteiger partial charge in [0, 0.05) is 12.1 Å². The summed E-state index contributed by atoms with van der Waals surface area (Å²) in [6, 6.07) is 10.6. The standard InChI is InChI=1S/C7H8O3S.C6H4N2O3S/c1-6-2-4-7(5-3-6)11(8,9)10;7-8-5-1-3-6(4-2-5)12(9,10)11/h2-5H,1H3,(H,8,9,10);1-4H. The van der Waals surface area contributed by atoms with Gasteiger partial charge in [0.15, 0.2) is 4.98 Å². The Morgan fingerprint density at radius 3 is 1.70 bits per heavy atom. The molecule has 2 aromatic rings. The van der Waals surface area contributed by atoms with Crippen molar-refractivity contribution in [2.45, 2.75) is 16.7 Å². The number of hydrogen-bond donors (Lipinski definition) is 1. The van der Waals surface area contributed by atoms with E-state index in [0.29, 0.717) is 0 Å². The molecule has 0 atom stereocenters. The van der Waals surface area contributed by atoms with Gasteiger partial charge in [0.1, 0.15) is 10.1 Å². The van der Waals surface area contributed by atoms with Crippen LogP contribution < -0.4 is 0 Å². The van der Waals surface area contributed by atoms with Crippen molar-refractivity contribution in [2.75, 3.05) is 0 Å². The largest absolute Gasteiger partial charge is 0.744 e.